The lowest BCUT2D eigenvalue weighted by molar-refractivity contribution is -0.137. The second kappa shape index (κ2) is 9.32. The van der Waals surface area contributed by atoms with E-state index in [9.17, 15) is 31.2 Å². The Balaban J connectivity index is 1.43. The van der Waals surface area contributed by atoms with E-state index >= 15 is 0 Å². The van der Waals surface area contributed by atoms with Gasteiger partial charge < -0.3 is 10.4 Å². The first-order valence-electron chi connectivity index (χ1n) is 11.2. The summed E-state index contributed by atoms with van der Waals surface area (Å²) in [6, 6.07) is 9.05. The van der Waals surface area contributed by atoms with Crippen molar-refractivity contribution >= 4 is 27.7 Å². The minimum absolute atomic E-state index is 0.0442. The van der Waals surface area contributed by atoms with Crippen LogP contribution in [0.2, 0.25) is 0 Å². The highest BCUT2D eigenvalue weighted by molar-refractivity contribution is 7.89. The minimum atomic E-state index is -4.53. The summed E-state index contributed by atoms with van der Waals surface area (Å²) in [5.74, 6) is -1.66. The number of nitrogens with one attached hydrogen (secondary N) is 1. The van der Waals surface area contributed by atoms with Crippen LogP contribution in [0.3, 0.4) is 0 Å². The molecule has 2 heterocycles. The molecule has 1 saturated heterocycles. The summed E-state index contributed by atoms with van der Waals surface area (Å²) < 4.78 is 66.4. The maximum absolute atomic E-state index is 13.1. The van der Waals surface area contributed by atoms with Gasteiger partial charge in [-0.15, -0.1) is 0 Å². The van der Waals surface area contributed by atoms with E-state index in [-0.39, 0.29) is 55.1 Å². The Labute approximate surface area is 205 Å². The monoisotopic (exact) mass is 523 g/mol. The van der Waals surface area contributed by atoms with Gasteiger partial charge in [-0.3, -0.25) is 9.79 Å². The van der Waals surface area contributed by atoms with E-state index in [0.29, 0.717) is 5.56 Å². The lowest BCUT2D eigenvalue weighted by atomic mass is 9.89. The Hall–Kier alpha value is -3.25. The molecule has 1 spiro atoms. The third-order valence-corrected chi connectivity index (χ3v) is 8.48. The van der Waals surface area contributed by atoms with Crippen LogP contribution in [0.4, 0.5) is 13.2 Å². The fourth-order valence-corrected chi connectivity index (χ4v) is 5.92. The van der Waals surface area contributed by atoms with Crippen LogP contribution >= 0.6 is 0 Å². The van der Waals surface area contributed by atoms with Crippen LogP contribution in [-0.2, 0) is 27.4 Å². The smallest absolute Gasteiger partial charge is 0.416 e. The van der Waals surface area contributed by atoms with Gasteiger partial charge in [-0.05, 0) is 61.6 Å². The Morgan fingerprint density at radius 2 is 1.86 bits per heavy atom. The van der Waals surface area contributed by atoms with Gasteiger partial charge in [0.2, 0.25) is 10.0 Å². The molecule has 1 fully saturated rings. The molecule has 0 unspecified atom stereocenters. The van der Waals surface area contributed by atoms with Crippen LogP contribution in [0.5, 0.6) is 0 Å². The SMILES string of the molecule is Cc1cc(C(=O)O)ccc1CCS(=O)(=O)N1CCC2(CC1)N=C(c1cccc(C(F)(F)F)c1)NC2=O. The molecule has 2 N–H and O–H groups in total. The standard InChI is InChI=1S/C24H24F3N3O5S/c1-15-13-18(21(31)32)6-5-16(15)7-12-36(34,35)30-10-8-23(9-11-30)22(33)28-20(29-23)17-3-2-4-19(14-17)24(25,26)27/h2-6,13-14H,7-12H2,1H3,(H,31,32)(H,28,29,33). The molecule has 0 aromatic heterocycles. The topological polar surface area (TPSA) is 116 Å². The zero-order valence-electron chi connectivity index (χ0n) is 19.3. The number of benzene rings is 2. The van der Waals surface area contributed by atoms with Gasteiger partial charge in [-0.1, -0.05) is 18.2 Å². The van der Waals surface area contributed by atoms with Crippen LogP contribution in [0, 0.1) is 6.92 Å². The van der Waals surface area contributed by atoms with Gasteiger partial charge in [0.25, 0.3) is 5.91 Å². The number of alkyl halides is 3. The molecule has 192 valence electrons. The first-order valence-corrected chi connectivity index (χ1v) is 12.8. The van der Waals surface area contributed by atoms with Crippen LogP contribution in [0.15, 0.2) is 47.5 Å². The summed E-state index contributed by atoms with van der Waals surface area (Å²) >= 11 is 0. The number of amides is 1. The fraction of sp³-hybridized carbons (Fsp3) is 0.375. The largest absolute Gasteiger partial charge is 0.478 e. The van der Waals surface area contributed by atoms with Crippen molar-refractivity contribution in [3.05, 3.63) is 70.3 Å². The lowest BCUT2D eigenvalue weighted by Gasteiger charge is -2.34. The zero-order chi connectivity index (χ0) is 26.3. The van der Waals surface area contributed by atoms with E-state index in [1.165, 1.54) is 28.6 Å². The van der Waals surface area contributed by atoms with E-state index in [4.69, 9.17) is 5.11 Å². The quantitative estimate of drug-likeness (QED) is 0.604. The molecule has 1 amide bonds. The maximum Gasteiger partial charge on any atom is 0.416 e. The van der Waals surface area contributed by atoms with Crippen molar-refractivity contribution in [1.82, 2.24) is 9.62 Å². The average molecular weight is 524 g/mol. The van der Waals surface area contributed by atoms with Crippen LogP contribution < -0.4 is 5.32 Å². The van der Waals surface area contributed by atoms with E-state index in [1.54, 1.807) is 13.0 Å². The second-order valence-corrected chi connectivity index (χ2v) is 11.0. The van der Waals surface area contributed by atoms with Gasteiger partial charge in [-0.25, -0.2) is 17.5 Å². The van der Waals surface area contributed by atoms with Gasteiger partial charge in [0, 0.05) is 18.7 Å². The van der Waals surface area contributed by atoms with Crippen molar-refractivity contribution in [1.29, 1.82) is 0 Å². The number of carboxylic acid groups (broad SMARTS) is 1. The number of carboxylic acids is 1. The normalized spacial score (nSPS) is 18.2. The van der Waals surface area contributed by atoms with E-state index in [2.05, 4.69) is 10.3 Å². The predicted octanol–water partition coefficient (Wildman–Crippen LogP) is 3.00. The molecular formula is C24H24F3N3O5S. The number of carbonyl (C=O) groups excluding carboxylic acids is 1. The van der Waals surface area contributed by atoms with Crippen LogP contribution in [-0.4, -0.2) is 59.9 Å². The molecule has 12 heteroatoms. The molecule has 2 aromatic rings. The predicted molar refractivity (Wildman–Crippen MR) is 125 cm³/mol. The number of carbonyl (C=O) groups is 2. The summed E-state index contributed by atoms with van der Waals surface area (Å²) in [5, 5.41) is 11.6. The van der Waals surface area contributed by atoms with Crippen molar-refractivity contribution in [2.75, 3.05) is 18.8 Å². The van der Waals surface area contributed by atoms with Crippen molar-refractivity contribution < 1.29 is 36.3 Å². The minimum Gasteiger partial charge on any atom is -0.478 e. The van der Waals surface area contributed by atoms with Gasteiger partial charge in [-0.2, -0.15) is 13.2 Å². The molecule has 2 aliphatic rings. The number of aliphatic imine (C=N–C) groups is 1. The van der Waals surface area contributed by atoms with Crippen LogP contribution in [0.25, 0.3) is 0 Å². The van der Waals surface area contributed by atoms with E-state index in [0.717, 1.165) is 17.7 Å². The van der Waals surface area contributed by atoms with Gasteiger partial charge >= 0.3 is 12.1 Å². The highest BCUT2D eigenvalue weighted by Gasteiger charge is 2.47. The summed E-state index contributed by atoms with van der Waals surface area (Å²) in [4.78, 5) is 28.2. The number of aryl methyl sites for hydroxylation is 2. The first-order chi connectivity index (χ1) is 16.8. The number of aromatic carboxylic acids is 1. The summed E-state index contributed by atoms with van der Waals surface area (Å²) in [6.45, 7) is 1.82. The summed E-state index contributed by atoms with van der Waals surface area (Å²) in [5.41, 5.74) is -0.413. The molecule has 0 aliphatic carbocycles. The van der Waals surface area contributed by atoms with Crippen molar-refractivity contribution in [3.63, 3.8) is 0 Å². The maximum atomic E-state index is 13.1. The molecule has 0 saturated carbocycles. The fourth-order valence-electron chi connectivity index (χ4n) is 4.45. The molecule has 4 rings (SSSR count). The first kappa shape index (κ1) is 25.8. The molecular weight excluding hydrogens is 499 g/mol. The number of halogens is 3. The third kappa shape index (κ3) is 5.14. The van der Waals surface area contributed by atoms with Gasteiger partial charge in [0.1, 0.15) is 11.4 Å². The molecule has 36 heavy (non-hydrogen) atoms. The van der Waals surface area contributed by atoms with Crippen molar-refractivity contribution in [3.8, 4) is 0 Å². The Morgan fingerprint density at radius 3 is 2.47 bits per heavy atom. The van der Waals surface area contributed by atoms with Gasteiger partial charge in [0.05, 0.1) is 16.9 Å². The lowest BCUT2D eigenvalue weighted by Crippen LogP contribution is -2.50. The Bertz CT molecular complexity index is 1350. The van der Waals surface area contributed by atoms with Gasteiger partial charge in [0.15, 0.2) is 0 Å². The zero-order valence-corrected chi connectivity index (χ0v) is 20.1. The summed E-state index contributed by atoms with van der Waals surface area (Å²) in [7, 11) is -3.66. The second-order valence-electron chi connectivity index (χ2n) is 8.94. The van der Waals surface area contributed by atoms with E-state index < -0.39 is 39.2 Å². The highest BCUT2D eigenvalue weighted by Crippen LogP contribution is 2.34. The molecule has 2 aliphatic heterocycles. The van der Waals surface area contributed by atoms with Crippen LogP contribution in [0.1, 0.15) is 45.5 Å². The third-order valence-electron chi connectivity index (χ3n) is 6.61. The molecule has 0 radical (unpaired) electrons. The van der Waals surface area contributed by atoms with Crippen molar-refractivity contribution in [2.45, 2.75) is 37.9 Å². The number of hydrogen-bond donors (Lipinski definition) is 2. The highest BCUT2D eigenvalue weighted by atomic mass is 32.2. The number of piperidine rings is 1. The summed E-state index contributed by atoms with van der Waals surface area (Å²) in [6.07, 6.45) is -4.12. The molecule has 2 aromatic carbocycles. The number of nitrogens with zero attached hydrogens (tertiary/aromatic N) is 2. The average Bonchev–Trinajstić information content (AvgIpc) is 3.13. The number of hydrogen-bond acceptors (Lipinski definition) is 5. The Kier molecular flexibility index (Phi) is 6.69. The van der Waals surface area contributed by atoms with E-state index in [1.807, 2.05) is 0 Å². The molecule has 8 nitrogen and oxygen atoms in total. The molecule has 0 atom stereocenters. The Morgan fingerprint density at radius 1 is 1.17 bits per heavy atom. The molecule has 0 bridgehead atoms. The van der Waals surface area contributed by atoms with Crippen molar-refractivity contribution in [2.24, 2.45) is 4.99 Å². The number of amidine groups is 1. The number of sulfonamides is 1. The number of rotatable bonds is 6.